The molecule has 31 heavy (non-hydrogen) atoms. The van der Waals surface area contributed by atoms with Gasteiger partial charge in [-0.3, -0.25) is 14.5 Å². The second-order valence-corrected chi connectivity index (χ2v) is 6.98. The summed E-state index contributed by atoms with van der Waals surface area (Å²) in [5.74, 6) is -0.702. The van der Waals surface area contributed by atoms with Crippen LogP contribution in [-0.4, -0.2) is 31.0 Å². The van der Waals surface area contributed by atoms with E-state index in [1.165, 1.54) is 12.0 Å². The predicted octanol–water partition coefficient (Wildman–Crippen LogP) is 4.33. The van der Waals surface area contributed by atoms with Gasteiger partial charge in [0, 0.05) is 22.9 Å². The van der Waals surface area contributed by atoms with Gasteiger partial charge in [0.1, 0.15) is 17.3 Å². The Morgan fingerprint density at radius 3 is 2.13 bits per heavy atom. The Balaban J connectivity index is 1.99. The number of anilines is 1. The maximum Gasteiger partial charge on any atom is 0.300 e. The van der Waals surface area contributed by atoms with Crippen molar-refractivity contribution in [2.75, 3.05) is 19.1 Å². The Labute approximate surface area is 180 Å². The Morgan fingerprint density at radius 2 is 1.52 bits per heavy atom. The minimum atomic E-state index is -0.872. The maximum atomic E-state index is 13.1. The fourth-order valence-corrected chi connectivity index (χ4v) is 3.78. The summed E-state index contributed by atoms with van der Waals surface area (Å²) in [7, 11) is 3.05. The first-order chi connectivity index (χ1) is 15.1. The van der Waals surface area contributed by atoms with E-state index in [0.29, 0.717) is 28.3 Å². The van der Waals surface area contributed by atoms with Crippen molar-refractivity contribution in [3.05, 3.63) is 95.6 Å². The molecule has 1 unspecified atom stereocenters. The van der Waals surface area contributed by atoms with Crippen molar-refractivity contribution in [2.45, 2.75) is 6.04 Å². The molecule has 0 aliphatic carbocycles. The number of Topliss-reactive ketones (excluding diaryl/α,β-unsaturated/α-hetero) is 1. The van der Waals surface area contributed by atoms with Crippen LogP contribution in [0, 0.1) is 0 Å². The van der Waals surface area contributed by atoms with Crippen LogP contribution in [0.25, 0.3) is 5.76 Å². The van der Waals surface area contributed by atoms with Crippen molar-refractivity contribution in [3.63, 3.8) is 0 Å². The first kappa shape index (κ1) is 20.2. The summed E-state index contributed by atoms with van der Waals surface area (Å²) >= 11 is 0. The standard InChI is InChI=1S/C25H21NO5/c1-30-18-13-14-19(20(15-18)31-2)22-21(23(27)16-9-5-3-6-10-16)24(28)25(29)26(22)17-11-7-4-8-12-17/h3-15,22,27H,1-2H3. The number of ketones is 1. The van der Waals surface area contributed by atoms with Crippen LogP contribution in [0.4, 0.5) is 5.69 Å². The third-order valence-corrected chi connectivity index (χ3v) is 5.26. The zero-order valence-corrected chi connectivity index (χ0v) is 17.1. The molecular formula is C25H21NO5. The van der Waals surface area contributed by atoms with E-state index in [0.717, 1.165) is 0 Å². The number of amides is 1. The summed E-state index contributed by atoms with van der Waals surface area (Å²) in [4.78, 5) is 27.6. The van der Waals surface area contributed by atoms with Crippen LogP contribution >= 0.6 is 0 Å². The van der Waals surface area contributed by atoms with E-state index < -0.39 is 17.7 Å². The molecule has 0 radical (unpaired) electrons. The van der Waals surface area contributed by atoms with Gasteiger partial charge in [-0.1, -0.05) is 48.5 Å². The summed E-state index contributed by atoms with van der Waals surface area (Å²) < 4.78 is 10.8. The summed E-state index contributed by atoms with van der Waals surface area (Å²) in [5.41, 5.74) is 1.55. The third kappa shape index (κ3) is 3.53. The van der Waals surface area contributed by atoms with Gasteiger partial charge in [-0.15, -0.1) is 0 Å². The van der Waals surface area contributed by atoms with Gasteiger partial charge in [0.25, 0.3) is 11.7 Å². The number of hydrogen-bond acceptors (Lipinski definition) is 5. The van der Waals surface area contributed by atoms with Crippen molar-refractivity contribution < 1.29 is 24.2 Å². The normalized spacial score (nSPS) is 17.6. The minimum Gasteiger partial charge on any atom is -0.507 e. The van der Waals surface area contributed by atoms with Crippen LogP contribution < -0.4 is 14.4 Å². The Bertz CT molecular complexity index is 1160. The maximum absolute atomic E-state index is 13.1. The number of hydrogen-bond donors (Lipinski definition) is 1. The lowest BCUT2D eigenvalue weighted by atomic mass is 9.94. The number of carbonyl (C=O) groups is 2. The lowest BCUT2D eigenvalue weighted by Gasteiger charge is -2.26. The van der Waals surface area contributed by atoms with Crippen molar-refractivity contribution in [1.82, 2.24) is 0 Å². The number of carbonyl (C=O) groups excluding carboxylic acids is 2. The zero-order chi connectivity index (χ0) is 22.0. The topological polar surface area (TPSA) is 76.1 Å². The van der Waals surface area contributed by atoms with Gasteiger partial charge >= 0.3 is 0 Å². The highest BCUT2D eigenvalue weighted by molar-refractivity contribution is 6.51. The number of aliphatic hydroxyl groups excluding tert-OH is 1. The molecule has 6 heteroatoms. The van der Waals surface area contributed by atoms with Crippen LogP contribution in [-0.2, 0) is 9.59 Å². The van der Waals surface area contributed by atoms with Gasteiger partial charge in [0.15, 0.2) is 0 Å². The molecule has 1 fully saturated rings. The second kappa shape index (κ2) is 8.36. The van der Waals surface area contributed by atoms with Gasteiger partial charge in [0.2, 0.25) is 0 Å². The fraction of sp³-hybridized carbons (Fsp3) is 0.120. The van der Waals surface area contributed by atoms with Crippen molar-refractivity contribution in [1.29, 1.82) is 0 Å². The molecule has 1 aliphatic heterocycles. The largest absolute Gasteiger partial charge is 0.507 e. The van der Waals surface area contributed by atoms with E-state index >= 15 is 0 Å². The first-order valence-electron chi connectivity index (χ1n) is 9.70. The number of aliphatic hydroxyl groups is 1. The zero-order valence-electron chi connectivity index (χ0n) is 17.1. The van der Waals surface area contributed by atoms with Crippen LogP contribution in [0.3, 0.4) is 0 Å². The lowest BCUT2D eigenvalue weighted by molar-refractivity contribution is -0.132. The molecule has 156 valence electrons. The van der Waals surface area contributed by atoms with Crippen LogP contribution in [0.2, 0.25) is 0 Å². The number of para-hydroxylation sites is 1. The number of ether oxygens (including phenoxy) is 2. The molecule has 0 saturated carbocycles. The predicted molar refractivity (Wildman–Crippen MR) is 117 cm³/mol. The quantitative estimate of drug-likeness (QED) is 0.381. The molecule has 1 saturated heterocycles. The van der Waals surface area contributed by atoms with Crippen LogP contribution in [0.15, 0.2) is 84.4 Å². The highest BCUT2D eigenvalue weighted by Gasteiger charge is 2.47. The smallest absolute Gasteiger partial charge is 0.300 e. The number of rotatable bonds is 5. The average molecular weight is 415 g/mol. The van der Waals surface area contributed by atoms with Crippen molar-refractivity contribution >= 4 is 23.1 Å². The molecule has 1 aliphatic rings. The number of methoxy groups -OCH3 is 2. The molecule has 0 aromatic heterocycles. The summed E-state index contributed by atoms with van der Waals surface area (Å²) in [5, 5.41) is 11.1. The molecule has 0 bridgehead atoms. The minimum absolute atomic E-state index is 0.00326. The molecule has 1 heterocycles. The van der Waals surface area contributed by atoms with E-state index in [9.17, 15) is 14.7 Å². The second-order valence-electron chi connectivity index (χ2n) is 6.98. The van der Waals surface area contributed by atoms with Crippen LogP contribution in [0.5, 0.6) is 11.5 Å². The van der Waals surface area contributed by atoms with Gasteiger partial charge in [0.05, 0.1) is 25.8 Å². The molecule has 4 rings (SSSR count). The van der Waals surface area contributed by atoms with Crippen molar-refractivity contribution in [2.24, 2.45) is 0 Å². The number of benzene rings is 3. The highest BCUT2D eigenvalue weighted by Crippen LogP contribution is 2.45. The Morgan fingerprint density at radius 1 is 0.871 bits per heavy atom. The molecule has 6 nitrogen and oxygen atoms in total. The Hall–Kier alpha value is -4.06. The first-order valence-corrected chi connectivity index (χ1v) is 9.70. The SMILES string of the molecule is COc1ccc(C2C(=C(O)c3ccccc3)C(=O)C(=O)N2c2ccccc2)c(OC)c1. The molecule has 0 spiro atoms. The lowest BCUT2D eigenvalue weighted by Crippen LogP contribution is -2.29. The average Bonchev–Trinajstić information content (AvgIpc) is 3.09. The monoisotopic (exact) mass is 415 g/mol. The summed E-state index contributed by atoms with van der Waals surface area (Å²) in [6.45, 7) is 0. The van der Waals surface area contributed by atoms with E-state index in [-0.39, 0.29) is 11.3 Å². The van der Waals surface area contributed by atoms with Gasteiger partial charge in [-0.05, 0) is 24.3 Å². The highest BCUT2D eigenvalue weighted by atomic mass is 16.5. The van der Waals surface area contributed by atoms with Gasteiger partial charge in [-0.2, -0.15) is 0 Å². The summed E-state index contributed by atoms with van der Waals surface area (Å²) in [6, 6.07) is 21.9. The van der Waals surface area contributed by atoms with Gasteiger partial charge in [-0.25, -0.2) is 0 Å². The molecule has 3 aromatic rings. The van der Waals surface area contributed by atoms with Gasteiger partial charge < -0.3 is 14.6 Å². The fourth-order valence-electron chi connectivity index (χ4n) is 3.78. The molecular weight excluding hydrogens is 394 g/mol. The van der Waals surface area contributed by atoms with E-state index in [1.807, 2.05) is 12.1 Å². The Kier molecular flexibility index (Phi) is 5.45. The molecule has 1 atom stereocenters. The van der Waals surface area contributed by atoms with E-state index in [4.69, 9.17) is 9.47 Å². The van der Waals surface area contributed by atoms with Crippen LogP contribution in [0.1, 0.15) is 17.2 Å². The van der Waals surface area contributed by atoms with E-state index in [2.05, 4.69) is 0 Å². The molecule has 1 amide bonds. The van der Waals surface area contributed by atoms with Crippen molar-refractivity contribution in [3.8, 4) is 11.5 Å². The third-order valence-electron chi connectivity index (χ3n) is 5.26. The summed E-state index contributed by atoms with van der Waals surface area (Å²) in [6.07, 6.45) is 0. The number of nitrogens with zero attached hydrogens (tertiary/aromatic N) is 1. The molecule has 3 aromatic carbocycles. The van der Waals surface area contributed by atoms with E-state index in [1.54, 1.807) is 73.8 Å². The molecule has 1 N–H and O–H groups in total.